The van der Waals surface area contributed by atoms with Crippen molar-refractivity contribution < 1.29 is 14.2 Å². The van der Waals surface area contributed by atoms with E-state index >= 15 is 0 Å². The molecule has 0 fully saturated rings. The summed E-state index contributed by atoms with van der Waals surface area (Å²) >= 11 is 7.38. The van der Waals surface area contributed by atoms with E-state index in [1.807, 2.05) is 50.2 Å². The van der Waals surface area contributed by atoms with Crippen LogP contribution in [0.1, 0.15) is 64.2 Å². The zero-order chi connectivity index (χ0) is 30.8. The highest BCUT2D eigenvalue weighted by Gasteiger charge is 2.21. The van der Waals surface area contributed by atoms with Crippen molar-refractivity contribution in [2.45, 2.75) is 54.4 Å². The van der Waals surface area contributed by atoms with Gasteiger partial charge in [-0.05, 0) is 98.5 Å². The Morgan fingerprint density at radius 3 is 2.40 bits per heavy atom. The van der Waals surface area contributed by atoms with Gasteiger partial charge in [0.2, 0.25) is 0 Å². The summed E-state index contributed by atoms with van der Waals surface area (Å²) in [5, 5.41) is 5.20. The van der Waals surface area contributed by atoms with E-state index in [0.29, 0.717) is 51.5 Å². The van der Waals surface area contributed by atoms with Crippen LogP contribution in [0.2, 0.25) is 0 Å². The number of nitrogens with zero attached hydrogens (tertiary/aromatic N) is 3. The van der Waals surface area contributed by atoms with Crippen molar-refractivity contribution in [1.82, 2.24) is 9.66 Å². The Morgan fingerprint density at radius 1 is 1.05 bits per heavy atom. The quantitative estimate of drug-likeness (QED) is 0.164. The predicted molar refractivity (Wildman–Crippen MR) is 178 cm³/mol. The Balaban J connectivity index is 1.93. The molecule has 7 nitrogen and oxygen atoms in total. The van der Waals surface area contributed by atoms with Gasteiger partial charge in [0.25, 0.3) is 5.56 Å². The Bertz CT molecular complexity index is 1710. The number of halogens is 2. The Hall–Kier alpha value is -3.17. The van der Waals surface area contributed by atoms with Gasteiger partial charge in [-0.1, -0.05) is 46.8 Å². The van der Waals surface area contributed by atoms with Crippen molar-refractivity contribution in [2.75, 3.05) is 20.3 Å². The molecule has 4 rings (SSSR count). The third-order valence-corrected chi connectivity index (χ3v) is 8.75. The second kappa shape index (κ2) is 13.0. The molecule has 3 aromatic carbocycles. The van der Waals surface area contributed by atoms with Gasteiger partial charge in [0.05, 0.1) is 41.9 Å². The molecule has 0 atom stereocenters. The molecule has 0 aliphatic carbocycles. The SMILES string of the molecule is CCOc1cc(C=Nn2c(-c3cc(C(C)C)c(OC)cc3C)nc3ccccc3c2=O)c(Br)c(Br)c1OCC(C)(C)C. The number of hydrogen-bond acceptors (Lipinski definition) is 6. The normalized spacial score (nSPS) is 12.0. The fraction of sp³-hybridized carbons (Fsp3) is 0.364. The van der Waals surface area contributed by atoms with Crippen LogP contribution >= 0.6 is 31.9 Å². The van der Waals surface area contributed by atoms with Crippen LogP contribution in [-0.2, 0) is 0 Å². The van der Waals surface area contributed by atoms with Gasteiger partial charge in [0.1, 0.15) is 5.75 Å². The summed E-state index contributed by atoms with van der Waals surface area (Å²) in [6, 6.07) is 13.2. The molecule has 42 heavy (non-hydrogen) atoms. The maximum absolute atomic E-state index is 13.9. The van der Waals surface area contributed by atoms with E-state index in [2.05, 4.69) is 66.5 Å². The molecule has 0 bridgehead atoms. The summed E-state index contributed by atoms with van der Waals surface area (Å²) in [6.07, 6.45) is 1.63. The molecule has 4 aromatic rings. The van der Waals surface area contributed by atoms with E-state index in [9.17, 15) is 4.79 Å². The minimum absolute atomic E-state index is 0.0365. The maximum Gasteiger partial charge on any atom is 0.282 e. The van der Waals surface area contributed by atoms with Crippen LogP contribution in [0.5, 0.6) is 17.2 Å². The number of hydrogen-bond donors (Lipinski definition) is 0. The van der Waals surface area contributed by atoms with E-state index in [-0.39, 0.29) is 16.9 Å². The number of para-hydroxylation sites is 1. The maximum atomic E-state index is 13.9. The number of rotatable bonds is 9. The Morgan fingerprint density at radius 2 is 1.76 bits per heavy atom. The smallest absolute Gasteiger partial charge is 0.282 e. The molecule has 222 valence electrons. The Kier molecular flexibility index (Phi) is 9.83. The van der Waals surface area contributed by atoms with Crippen LogP contribution in [0.3, 0.4) is 0 Å². The van der Waals surface area contributed by atoms with Gasteiger partial charge in [-0.15, -0.1) is 0 Å². The number of aromatic nitrogens is 2. The van der Waals surface area contributed by atoms with E-state index in [1.165, 1.54) is 4.68 Å². The third kappa shape index (κ3) is 6.73. The highest BCUT2D eigenvalue weighted by atomic mass is 79.9. The molecule has 9 heteroatoms. The van der Waals surface area contributed by atoms with Gasteiger partial charge in [0, 0.05) is 15.6 Å². The molecule has 1 heterocycles. The molecule has 0 aliphatic rings. The van der Waals surface area contributed by atoms with Crippen LogP contribution in [0, 0.1) is 12.3 Å². The highest BCUT2D eigenvalue weighted by molar-refractivity contribution is 9.13. The first-order chi connectivity index (χ1) is 19.9. The molecule has 0 saturated heterocycles. The van der Waals surface area contributed by atoms with Crippen molar-refractivity contribution in [3.05, 3.63) is 78.5 Å². The minimum Gasteiger partial charge on any atom is -0.496 e. The summed E-state index contributed by atoms with van der Waals surface area (Å²) in [5.74, 6) is 2.64. The van der Waals surface area contributed by atoms with Crippen molar-refractivity contribution in [3.8, 4) is 28.6 Å². The minimum atomic E-state index is -0.265. The number of aryl methyl sites for hydroxylation is 1. The van der Waals surface area contributed by atoms with Crippen LogP contribution in [0.4, 0.5) is 0 Å². The number of methoxy groups -OCH3 is 1. The number of benzene rings is 3. The standard InChI is InChI=1S/C33H37Br2N3O4/c1-9-41-27-15-21(28(34)29(35)30(27)42-18-33(5,6)7)17-36-38-31(37-25-13-11-10-12-22(25)32(38)39)24-16-23(19(2)3)26(40-8)14-20(24)4/h10-17,19H,9,18H2,1-8H3. The van der Waals surface area contributed by atoms with Crippen LogP contribution in [-0.4, -0.2) is 36.2 Å². The monoisotopic (exact) mass is 697 g/mol. The zero-order valence-electron chi connectivity index (χ0n) is 25.3. The molecule has 0 saturated carbocycles. The van der Waals surface area contributed by atoms with E-state index in [4.69, 9.17) is 24.3 Å². The topological polar surface area (TPSA) is 74.9 Å². The van der Waals surface area contributed by atoms with Crippen LogP contribution in [0.15, 0.2) is 61.3 Å². The lowest BCUT2D eigenvalue weighted by Gasteiger charge is -2.22. The van der Waals surface area contributed by atoms with Crippen LogP contribution in [0.25, 0.3) is 22.3 Å². The Labute approximate surface area is 264 Å². The van der Waals surface area contributed by atoms with Gasteiger partial charge < -0.3 is 14.2 Å². The molecule has 0 spiro atoms. The first-order valence-corrected chi connectivity index (χ1v) is 15.5. The lowest BCUT2D eigenvalue weighted by atomic mass is 9.96. The summed E-state index contributed by atoms with van der Waals surface area (Å²) in [5.41, 5.74) is 3.76. The summed E-state index contributed by atoms with van der Waals surface area (Å²) in [7, 11) is 1.67. The van der Waals surface area contributed by atoms with E-state index < -0.39 is 0 Å². The first-order valence-electron chi connectivity index (χ1n) is 13.9. The zero-order valence-corrected chi connectivity index (χ0v) is 28.5. The number of ether oxygens (including phenoxy) is 3. The molecule has 1 aromatic heterocycles. The summed E-state index contributed by atoms with van der Waals surface area (Å²) in [6.45, 7) is 15.4. The second-order valence-corrected chi connectivity index (χ2v) is 13.2. The van der Waals surface area contributed by atoms with Crippen molar-refractivity contribution in [1.29, 1.82) is 0 Å². The number of fused-ring (bicyclic) bond motifs is 1. The fourth-order valence-electron chi connectivity index (χ4n) is 4.48. The molecule has 0 amide bonds. The molecular formula is C33H37Br2N3O4. The molecule has 0 unspecified atom stereocenters. The largest absolute Gasteiger partial charge is 0.496 e. The molecule has 0 aliphatic heterocycles. The molecule has 0 radical (unpaired) electrons. The average Bonchev–Trinajstić information content (AvgIpc) is 2.93. The highest BCUT2D eigenvalue weighted by Crippen LogP contribution is 2.43. The fourth-order valence-corrected chi connectivity index (χ4v) is 5.41. The molecule has 0 N–H and O–H groups in total. The molecular weight excluding hydrogens is 662 g/mol. The average molecular weight is 699 g/mol. The third-order valence-electron chi connectivity index (χ3n) is 6.61. The van der Waals surface area contributed by atoms with Gasteiger partial charge >= 0.3 is 0 Å². The van der Waals surface area contributed by atoms with Gasteiger partial charge in [-0.25, -0.2) is 4.98 Å². The first kappa shape index (κ1) is 31.8. The van der Waals surface area contributed by atoms with Crippen molar-refractivity contribution in [2.24, 2.45) is 10.5 Å². The van der Waals surface area contributed by atoms with E-state index in [0.717, 1.165) is 26.9 Å². The van der Waals surface area contributed by atoms with Gasteiger partial charge in [0.15, 0.2) is 17.3 Å². The summed E-state index contributed by atoms with van der Waals surface area (Å²) < 4.78 is 20.6. The second-order valence-electron chi connectivity index (χ2n) is 11.6. The van der Waals surface area contributed by atoms with Crippen molar-refractivity contribution in [3.63, 3.8) is 0 Å². The lowest BCUT2D eigenvalue weighted by molar-refractivity contribution is 0.187. The van der Waals surface area contributed by atoms with Crippen LogP contribution < -0.4 is 19.8 Å². The summed E-state index contributed by atoms with van der Waals surface area (Å²) in [4.78, 5) is 18.8. The predicted octanol–water partition coefficient (Wildman–Crippen LogP) is 8.73. The van der Waals surface area contributed by atoms with Gasteiger partial charge in [-0.3, -0.25) is 4.79 Å². The van der Waals surface area contributed by atoms with Gasteiger partial charge in [-0.2, -0.15) is 9.78 Å². The van der Waals surface area contributed by atoms with E-state index in [1.54, 1.807) is 19.4 Å². The lowest BCUT2D eigenvalue weighted by Crippen LogP contribution is -2.21. The van der Waals surface area contributed by atoms with Crippen molar-refractivity contribution >= 4 is 49.0 Å².